The molecule has 0 amide bonds. The topological polar surface area (TPSA) is 38.7 Å². The molecular formula is C55H33N3S. The Bertz CT molecular complexity index is 3630. The Morgan fingerprint density at radius 1 is 0.288 bits per heavy atom. The molecule has 0 radical (unpaired) electrons. The third kappa shape index (κ3) is 5.53. The summed E-state index contributed by atoms with van der Waals surface area (Å²) in [5, 5.41) is 11.9. The van der Waals surface area contributed by atoms with Crippen LogP contribution in [0.5, 0.6) is 0 Å². The minimum Gasteiger partial charge on any atom is -0.208 e. The molecule has 3 nitrogen and oxygen atoms in total. The molecule has 0 bridgehead atoms. The minimum atomic E-state index is 0.632. The zero-order valence-electron chi connectivity index (χ0n) is 31.8. The normalized spacial score (nSPS) is 11.7. The maximum absolute atomic E-state index is 5.50. The van der Waals surface area contributed by atoms with Crippen LogP contribution < -0.4 is 0 Å². The molecule has 0 fully saturated rings. The third-order valence-electron chi connectivity index (χ3n) is 11.7. The average molecular weight is 768 g/mol. The first-order valence-corrected chi connectivity index (χ1v) is 20.8. The average Bonchev–Trinajstić information content (AvgIpc) is 3.70. The number of rotatable bonds is 5. The molecule has 0 aliphatic carbocycles. The smallest absolute Gasteiger partial charge is 0.165 e. The van der Waals surface area contributed by atoms with E-state index in [0.717, 1.165) is 44.2 Å². The van der Waals surface area contributed by atoms with Crippen LogP contribution in [0.3, 0.4) is 0 Å². The molecule has 0 aliphatic heterocycles. The van der Waals surface area contributed by atoms with Gasteiger partial charge in [0.15, 0.2) is 17.5 Å². The summed E-state index contributed by atoms with van der Waals surface area (Å²) in [6.07, 6.45) is 0. The van der Waals surface area contributed by atoms with Gasteiger partial charge < -0.3 is 0 Å². The van der Waals surface area contributed by atoms with Crippen LogP contribution in [0.4, 0.5) is 0 Å². The standard InChI is InChI=1S/C55H33N3S/c1-4-20-39-34(14-1)17-12-26-40(39)36-18-11-19-38(32-36)53-56-54(48-28-13-27-47-45-25-9-10-29-50(45)59-52(47)48)58-55(57-53)51-42-22-6-2-15-35(42)30-31-46(51)49-33-37-16-3-5-21-41(37)43-23-7-8-24-44(43)49/h1-33H. The van der Waals surface area contributed by atoms with Crippen molar-refractivity contribution in [1.82, 2.24) is 15.0 Å². The van der Waals surface area contributed by atoms with Crippen LogP contribution in [-0.4, -0.2) is 15.0 Å². The Labute approximate surface area is 344 Å². The van der Waals surface area contributed by atoms with Crippen LogP contribution in [0.1, 0.15) is 0 Å². The quantitative estimate of drug-likeness (QED) is 0.164. The van der Waals surface area contributed by atoms with E-state index in [1.807, 2.05) is 0 Å². The van der Waals surface area contributed by atoms with Crippen LogP contribution in [0.25, 0.3) is 120 Å². The third-order valence-corrected chi connectivity index (χ3v) is 12.9. The Morgan fingerprint density at radius 2 is 0.864 bits per heavy atom. The van der Waals surface area contributed by atoms with E-state index in [2.05, 4.69) is 200 Å². The van der Waals surface area contributed by atoms with Gasteiger partial charge in [0.25, 0.3) is 0 Å². The molecule has 0 atom stereocenters. The summed E-state index contributed by atoms with van der Waals surface area (Å²) in [4.78, 5) is 16.4. The van der Waals surface area contributed by atoms with Crippen molar-refractivity contribution >= 4 is 74.6 Å². The van der Waals surface area contributed by atoms with Gasteiger partial charge in [-0.15, -0.1) is 11.3 Å². The van der Waals surface area contributed by atoms with Gasteiger partial charge in [0, 0.05) is 36.9 Å². The molecule has 2 heterocycles. The molecule has 2 aromatic heterocycles. The van der Waals surface area contributed by atoms with E-state index < -0.39 is 0 Å². The summed E-state index contributed by atoms with van der Waals surface area (Å²) in [5.41, 5.74) is 7.43. The predicted molar refractivity (Wildman–Crippen MR) is 250 cm³/mol. The minimum absolute atomic E-state index is 0.632. The van der Waals surface area contributed by atoms with Gasteiger partial charge in [0.1, 0.15) is 0 Å². The summed E-state index contributed by atoms with van der Waals surface area (Å²) in [7, 11) is 0. The number of nitrogens with zero attached hydrogens (tertiary/aromatic N) is 3. The molecule has 4 heteroatoms. The molecule has 274 valence electrons. The highest BCUT2D eigenvalue weighted by Crippen LogP contribution is 2.44. The number of thiophene rings is 1. The summed E-state index contributed by atoms with van der Waals surface area (Å²) < 4.78 is 2.41. The number of aromatic nitrogens is 3. The van der Waals surface area contributed by atoms with Crippen molar-refractivity contribution in [2.45, 2.75) is 0 Å². The van der Waals surface area contributed by atoms with Crippen molar-refractivity contribution in [1.29, 1.82) is 0 Å². The monoisotopic (exact) mass is 767 g/mol. The lowest BCUT2D eigenvalue weighted by atomic mass is 9.88. The van der Waals surface area contributed by atoms with Gasteiger partial charge in [0.2, 0.25) is 0 Å². The highest BCUT2D eigenvalue weighted by molar-refractivity contribution is 7.26. The first-order chi connectivity index (χ1) is 29.2. The Balaban J connectivity index is 1.16. The summed E-state index contributed by atoms with van der Waals surface area (Å²) in [6, 6.07) is 71.6. The van der Waals surface area contributed by atoms with Crippen molar-refractivity contribution in [2.24, 2.45) is 0 Å². The molecule has 59 heavy (non-hydrogen) atoms. The predicted octanol–water partition coefficient (Wildman–Crippen LogP) is 15.2. The number of fused-ring (bicyclic) bond motifs is 8. The first kappa shape index (κ1) is 33.6. The van der Waals surface area contributed by atoms with Crippen molar-refractivity contribution in [3.8, 4) is 56.4 Å². The van der Waals surface area contributed by atoms with E-state index in [1.54, 1.807) is 11.3 Å². The molecule has 12 rings (SSSR count). The van der Waals surface area contributed by atoms with E-state index in [4.69, 9.17) is 15.0 Å². The molecule has 12 aromatic rings. The zero-order valence-corrected chi connectivity index (χ0v) is 32.6. The van der Waals surface area contributed by atoms with Crippen LogP contribution in [0, 0.1) is 0 Å². The Kier molecular flexibility index (Phi) is 7.72. The van der Waals surface area contributed by atoms with Crippen LogP contribution in [-0.2, 0) is 0 Å². The van der Waals surface area contributed by atoms with Crippen molar-refractivity contribution in [3.63, 3.8) is 0 Å². The molecule has 0 saturated carbocycles. The Hall–Kier alpha value is -7.53. The second-order valence-corrected chi connectivity index (χ2v) is 16.1. The second-order valence-electron chi connectivity index (χ2n) is 15.1. The van der Waals surface area contributed by atoms with Gasteiger partial charge in [0.05, 0.1) is 0 Å². The number of benzene rings is 10. The summed E-state index contributed by atoms with van der Waals surface area (Å²) in [6.45, 7) is 0. The number of hydrogen-bond donors (Lipinski definition) is 0. The van der Waals surface area contributed by atoms with Gasteiger partial charge in [-0.05, 0) is 89.6 Å². The highest BCUT2D eigenvalue weighted by atomic mass is 32.1. The Morgan fingerprint density at radius 3 is 1.73 bits per heavy atom. The maximum Gasteiger partial charge on any atom is 0.165 e. The molecule has 0 aliphatic rings. The van der Waals surface area contributed by atoms with Crippen LogP contribution >= 0.6 is 11.3 Å². The van der Waals surface area contributed by atoms with Gasteiger partial charge in [-0.2, -0.15) is 0 Å². The summed E-state index contributed by atoms with van der Waals surface area (Å²) in [5.74, 6) is 1.93. The SMILES string of the molecule is c1cc(-c2nc(-c3c(-c4cc5ccccc5c5ccccc45)ccc4ccccc34)nc(-c3cccc4c3sc3ccccc34)n2)cc(-c2cccc3ccccc23)c1. The highest BCUT2D eigenvalue weighted by Gasteiger charge is 2.22. The van der Waals surface area contributed by atoms with E-state index in [1.165, 1.54) is 58.1 Å². The lowest BCUT2D eigenvalue weighted by Crippen LogP contribution is -2.02. The molecule has 0 saturated heterocycles. The first-order valence-electron chi connectivity index (χ1n) is 19.9. The van der Waals surface area contributed by atoms with Crippen LogP contribution in [0.15, 0.2) is 200 Å². The van der Waals surface area contributed by atoms with Gasteiger partial charge >= 0.3 is 0 Å². The number of hydrogen-bond acceptors (Lipinski definition) is 4. The molecule has 0 unspecified atom stereocenters. The molecule has 0 spiro atoms. The lowest BCUT2D eigenvalue weighted by Gasteiger charge is -2.17. The fraction of sp³-hybridized carbons (Fsp3) is 0. The van der Waals surface area contributed by atoms with Crippen LogP contribution in [0.2, 0.25) is 0 Å². The van der Waals surface area contributed by atoms with Gasteiger partial charge in [-0.25, -0.2) is 15.0 Å². The van der Waals surface area contributed by atoms with Crippen molar-refractivity contribution < 1.29 is 0 Å². The zero-order chi connectivity index (χ0) is 38.9. The van der Waals surface area contributed by atoms with Crippen molar-refractivity contribution in [2.75, 3.05) is 0 Å². The largest absolute Gasteiger partial charge is 0.208 e. The van der Waals surface area contributed by atoms with E-state index in [-0.39, 0.29) is 0 Å². The van der Waals surface area contributed by atoms with Crippen molar-refractivity contribution in [3.05, 3.63) is 200 Å². The van der Waals surface area contributed by atoms with E-state index in [9.17, 15) is 0 Å². The fourth-order valence-corrected chi connectivity index (χ4v) is 10.2. The molecular weight excluding hydrogens is 735 g/mol. The molecule has 0 N–H and O–H groups in total. The summed E-state index contributed by atoms with van der Waals surface area (Å²) >= 11 is 1.79. The van der Waals surface area contributed by atoms with E-state index >= 15 is 0 Å². The van der Waals surface area contributed by atoms with Gasteiger partial charge in [-0.1, -0.05) is 176 Å². The van der Waals surface area contributed by atoms with Gasteiger partial charge in [-0.3, -0.25) is 0 Å². The fourth-order valence-electron chi connectivity index (χ4n) is 8.98. The lowest BCUT2D eigenvalue weighted by molar-refractivity contribution is 1.08. The molecule has 10 aromatic carbocycles. The maximum atomic E-state index is 5.50. The van der Waals surface area contributed by atoms with E-state index in [0.29, 0.717) is 17.5 Å². The second kappa shape index (κ2) is 13.6.